The normalized spacial score (nSPS) is 20.5. The Bertz CT molecular complexity index is 626. The van der Waals surface area contributed by atoms with Gasteiger partial charge in [-0.3, -0.25) is 4.79 Å². The molecule has 2 fully saturated rings. The summed E-state index contributed by atoms with van der Waals surface area (Å²) in [6.45, 7) is 2.54. The fourth-order valence-corrected chi connectivity index (χ4v) is 3.68. The molecule has 0 bridgehead atoms. The van der Waals surface area contributed by atoms with Crippen molar-refractivity contribution in [3.05, 3.63) is 23.9 Å². The summed E-state index contributed by atoms with van der Waals surface area (Å²) in [4.78, 5) is 20.7. The van der Waals surface area contributed by atoms with Crippen LogP contribution in [0.25, 0.3) is 0 Å². The molecule has 1 aliphatic heterocycles. The zero-order chi connectivity index (χ0) is 17.0. The standard InChI is InChI=1S/C18H24N4O2/c19-14-15-5-4-8-20-17(15)22-11-9-21(10-12-22)16(23)13-18(24)6-2-1-3-7-18/h4-5,8,24H,1-3,6-7,9-13H2. The SMILES string of the molecule is N#Cc1cccnc1N1CCN(C(=O)CC2(O)CCCCC2)CC1. The van der Waals surface area contributed by atoms with E-state index in [4.69, 9.17) is 0 Å². The average molecular weight is 328 g/mol. The number of carbonyl (C=O) groups excluding carboxylic acids is 1. The highest BCUT2D eigenvalue weighted by molar-refractivity contribution is 5.77. The molecule has 6 nitrogen and oxygen atoms in total. The highest BCUT2D eigenvalue weighted by Gasteiger charge is 2.34. The van der Waals surface area contributed by atoms with Crippen LogP contribution in [0.4, 0.5) is 5.82 Å². The van der Waals surface area contributed by atoms with E-state index in [1.165, 1.54) is 0 Å². The van der Waals surface area contributed by atoms with E-state index in [0.29, 0.717) is 37.6 Å². The molecule has 3 rings (SSSR count). The van der Waals surface area contributed by atoms with Crippen LogP contribution < -0.4 is 4.90 Å². The topological polar surface area (TPSA) is 80.5 Å². The molecule has 2 heterocycles. The number of pyridine rings is 1. The summed E-state index contributed by atoms with van der Waals surface area (Å²) < 4.78 is 0. The van der Waals surface area contributed by atoms with Crippen LogP contribution in [-0.4, -0.2) is 52.7 Å². The second-order valence-electron chi connectivity index (χ2n) is 6.82. The molecule has 0 aromatic carbocycles. The van der Waals surface area contributed by atoms with Gasteiger partial charge in [0.05, 0.1) is 17.6 Å². The number of hydrogen-bond acceptors (Lipinski definition) is 5. The number of anilines is 1. The maximum Gasteiger partial charge on any atom is 0.225 e. The molecule has 0 spiro atoms. The number of piperazine rings is 1. The molecular weight excluding hydrogens is 304 g/mol. The molecule has 1 amide bonds. The first-order valence-electron chi connectivity index (χ1n) is 8.71. The van der Waals surface area contributed by atoms with Gasteiger partial charge in [0.1, 0.15) is 11.9 Å². The van der Waals surface area contributed by atoms with Crippen LogP contribution in [0.2, 0.25) is 0 Å². The highest BCUT2D eigenvalue weighted by atomic mass is 16.3. The van der Waals surface area contributed by atoms with Crippen LogP contribution >= 0.6 is 0 Å². The Morgan fingerprint density at radius 3 is 2.62 bits per heavy atom. The molecule has 6 heteroatoms. The summed E-state index contributed by atoms with van der Waals surface area (Å²) in [6, 6.07) is 5.69. The number of carbonyl (C=O) groups is 1. The van der Waals surface area contributed by atoms with E-state index in [0.717, 1.165) is 32.1 Å². The molecule has 128 valence electrons. The van der Waals surface area contributed by atoms with Crippen molar-refractivity contribution < 1.29 is 9.90 Å². The quantitative estimate of drug-likeness (QED) is 0.913. The minimum Gasteiger partial charge on any atom is -0.389 e. The van der Waals surface area contributed by atoms with Crippen molar-refractivity contribution in [3.63, 3.8) is 0 Å². The lowest BCUT2D eigenvalue weighted by Gasteiger charge is -2.38. The smallest absolute Gasteiger partial charge is 0.225 e. The van der Waals surface area contributed by atoms with E-state index in [2.05, 4.69) is 16.0 Å². The van der Waals surface area contributed by atoms with Gasteiger partial charge in [0, 0.05) is 32.4 Å². The first-order chi connectivity index (χ1) is 11.6. The Labute approximate surface area is 142 Å². The zero-order valence-corrected chi connectivity index (χ0v) is 13.9. The van der Waals surface area contributed by atoms with Gasteiger partial charge in [0.25, 0.3) is 0 Å². The van der Waals surface area contributed by atoms with Crippen molar-refractivity contribution in [1.82, 2.24) is 9.88 Å². The van der Waals surface area contributed by atoms with E-state index < -0.39 is 5.60 Å². The second-order valence-corrected chi connectivity index (χ2v) is 6.82. The van der Waals surface area contributed by atoms with E-state index in [-0.39, 0.29) is 12.3 Å². The van der Waals surface area contributed by atoms with Crippen LogP contribution in [0.15, 0.2) is 18.3 Å². The van der Waals surface area contributed by atoms with Crippen molar-refractivity contribution in [2.24, 2.45) is 0 Å². The van der Waals surface area contributed by atoms with E-state index in [1.54, 1.807) is 18.3 Å². The summed E-state index contributed by atoms with van der Waals surface area (Å²) >= 11 is 0. The van der Waals surface area contributed by atoms with Crippen molar-refractivity contribution in [2.45, 2.75) is 44.1 Å². The van der Waals surface area contributed by atoms with E-state index in [1.807, 2.05) is 4.90 Å². The molecule has 2 aliphatic rings. The fraction of sp³-hybridized carbons (Fsp3) is 0.611. The lowest BCUT2D eigenvalue weighted by atomic mass is 9.82. The first kappa shape index (κ1) is 16.7. The molecule has 0 radical (unpaired) electrons. The van der Waals surface area contributed by atoms with Crippen LogP contribution in [0.3, 0.4) is 0 Å². The Kier molecular flexibility index (Phi) is 5.00. The number of nitrogens with zero attached hydrogens (tertiary/aromatic N) is 4. The number of rotatable bonds is 3. The number of amides is 1. The molecule has 0 atom stereocenters. The minimum absolute atomic E-state index is 0.0422. The van der Waals surface area contributed by atoms with Crippen LogP contribution in [0, 0.1) is 11.3 Å². The van der Waals surface area contributed by atoms with Crippen molar-refractivity contribution >= 4 is 11.7 Å². The van der Waals surface area contributed by atoms with Gasteiger partial charge in [0.2, 0.25) is 5.91 Å². The molecule has 1 saturated carbocycles. The van der Waals surface area contributed by atoms with Gasteiger partial charge in [0.15, 0.2) is 0 Å². The van der Waals surface area contributed by atoms with E-state index in [9.17, 15) is 15.2 Å². The summed E-state index contributed by atoms with van der Waals surface area (Å²) in [5.41, 5.74) is -0.240. The molecule has 1 aliphatic carbocycles. The molecule has 24 heavy (non-hydrogen) atoms. The monoisotopic (exact) mass is 328 g/mol. The Balaban J connectivity index is 1.57. The molecular formula is C18H24N4O2. The van der Waals surface area contributed by atoms with Gasteiger partial charge in [-0.15, -0.1) is 0 Å². The third kappa shape index (κ3) is 3.68. The third-order valence-corrected chi connectivity index (χ3v) is 5.10. The summed E-state index contributed by atoms with van der Waals surface area (Å²) in [5, 5.41) is 19.8. The van der Waals surface area contributed by atoms with Gasteiger partial charge in [-0.1, -0.05) is 19.3 Å². The van der Waals surface area contributed by atoms with Crippen molar-refractivity contribution in [1.29, 1.82) is 5.26 Å². The van der Waals surface area contributed by atoms with Gasteiger partial charge >= 0.3 is 0 Å². The fourth-order valence-electron chi connectivity index (χ4n) is 3.68. The molecule has 1 N–H and O–H groups in total. The molecule has 0 unspecified atom stereocenters. The summed E-state index contributed by atoms with van der Waals surface area (Å²) in [7, 11) is 0. The van der Waals surface area contributed by atoms with Gasteiger partial charge in [-0.2, -0.15) is 5.26 Å². The maximum atomic E-state index is 12.5. The van der Waals surface area contributed by atoms with Gasteiger partial charge < -0.3 is 14.9 Å². The van der Waals surface area contributed by atoms with Gasteiger partial charge in [-0.05, 0) is 25.0 Å². The van der Waals surface area contributed by atoms with Crippen LogP contribution in [0.1, 0.15) is 44.1 Å². The molecule has 1 aromatic heterocycles. The molecule has 1 saturated heterocycles. The Morgan fingerprint density at radius 1 is 1.25 bits per heavy atom. The Hall–Kier alpha value is -2.13. The lowest BCUT2D eigenvalue weighted by molar-refractivity contribution is -0.138. The van der Waals surface area contributed by atoms with Crippen molar-refractivity contribution in [2.75, 3.05) is 31.1 Å². The highest BCUT2D eigenvalue weighted by Crippen LogP contribution is 2.31. The summed E-state index contributed by atoms with van der Waals surface area (Å²) in [6.07, 6.45) is 6.56. The predicted octanol–water partition coefficient (Wildman–Crippen LogP) is 1.69. The second kappa shape index (κ2) is 7.18. The predicted molar refractivity (Wildman–Crippen MR) is 90.4 cm³/mol. The number of hydrogen-bond donors (Lipinski definition) is 1. The largest absolute Gasteiger partial charge is 0.389 e. The zero-order valence-electron chi connectivity index (χ0n) is 13.9. The van der Waals surface area contributed by atoms with Crippen molar-refractivity contribution in [3.8, 4) is 6.07 Å². The third-order valence-electron chi connectivity index (χ3n) is 5.10. The van der Waals surface area contributed by atoms with Crippen LogP contribution in [0.5, 0.6) is 0 Å². The Morgan fingerprint density at radius 2 is 1.96 bits per heavy atom. The minimum atomic E-state index is -0.804. The number of nitriles is 1. The number of aliphatic hydroxyl groups is 1. The maximum absolute atomic E-state index is 12.5. The lowest BCUT2D eigenvalue weighted by Crippen LogP contribution is -2.51. The van der Waals surface area contributed by atoms with Gasteiger partial charge in [-0.25, -0.2) is 4.98 Å². The number of aromatic nitrogens is 1. The first-order valence-corrected chi connectivity index (χ1v) is 8.71. The summed E-state index contributed by atoms with van der Waals surface area (Å²) in [5.74, 6) is 0.735. The molecule has 1 aromatic rings. The van der Waals surface area contributed by atoms with Crippen LogP contribution in [-0.2, 0) is 4.79 Å². The van der Waals surface area contributed by atoms with E-state index >= 15 is 0 Å². The average Bonchev–Trinajstić information content (AvgIpc) is 2.62.